The highest BCUT2D eigenvalue weighted by atomic mass is 19.1. The highest BCUT2D eigenvalue weighted by molar-refractivity contribution is 5.92. The van der Waals surface area contributed by atoms with E-state index in [9.17, 15) is 19.1 Å². The van der Waals surface area contributed by atoms with E-state index in [2.05, 4.69) is 4.98 Å². The van der Waals surface area contributed by atoms with Crippen molar-refractivity contribution in [2.24, 2.45) is 0 Å². The van der Waals surface area contributed by atoms with Crippen LogP contribution in [0.1, 0.15) is 29.2 Å². The van der Waals surface area contributed by atoms with Gasteiger partial charge in [0.25, 0.3) is 0 Å². The van der Waals surface area contributed by atoms with Crippen LogP contribution < -0.4 is 10.3 Å². The Balaban J connectivity index is 2.00. The lowest BCUT2D eigenvalue weighted by atomic mass is 10.2. The highest BCUT2D eigenvalue weighted by Crippen LogP contribution is 2.37. The van der Waals surface area contributed by atoms with Crippen molar-refractivity contribution in [2.45, 2.75) is 18.9 Å². The van der Waals surface area contributed by atoms with Crippen molar-refractivity contribution in [3.63, 3.8) is 0 Å². The summed E-state index contributed by atoms with van der Waals surface area (Å²) < 4.78 is 16.1. The van der Waals surface area contributed by atoms with E-state index < -0.39 is 17.2 Å². The van der Waals surface area contributed by atoms with Gasteiger partial charge in [0.05, 0.1) is 5.39 Å². The van der Waals surface area contributed by atoms with Crippen LogP contribution in [0.2, 0.25) is 0 Å². The van der Waals surface area contributed by atoms with Crippen LogP contribution in [0.4, 0.5) is 10.2 Å². The smallest absolute Gasteiger partial charge is 0.341 e. The van der Waals surface area contributed by atoms with E-state index in [1.54, 1.807) is 9.47 Å². The van der Waals surface area contributed by atoms with Crippen LogP contribution in [0.5, 0.6) is 0 Å². The summed E-state index contributed by atoms with van der Waals surface area (Å²) in [6, 6.07) is 1.24. The molecule has 2 aromatic heterocycles. The number of anilines is 1. The van der Waals surface area contributed by atoms with Gasteiger partial charge in [-0.05, 0) is 18.9 Å². The van der Waals surface area contributed by atoms with Gasteiger partial charge in [-0.25, -0.2) is 14.2 Å². The molecule has 2 aliphatic rings. The second-order valence-corrected chi connectivity index (χ2v) is 5.86. The minimum atomic E-state index is -1.31. The maximum Gasteiger partial charge on any atom is 0.341 e. The molecule has 0 saturated heterocycles. The molecule has 0 bridgehead atoms. The molecule has 0 unspecified atom stereocenters. The highest BCUT2D eigenvalue weighted by Gasteiger charge is 2.28. The number of nitrogens with zero attached hydrogens (tertiary/aromatic N) is 3. The van der Waals surface area contributed by atoms with E-state index in [1.807, 2.05) is 12.2 Å². The molecule has 118 valence electrons. The molecule has 0 amide bonds. The van der Waals surface area contributed by atoms with Gasteiger partial charge in [0.15, 0.2) is 11.6 Å². The summed E-state index contributed by atoms with van der Waals surface area (Å²) in [6.07, 6.45) is 6.98. The van der Waals surface area contributed by atoms with Crippen LogP contribution in [-0.2, 0) is 0 Å². The number of rotatable bonds is 3. The zero-order valence-electron chi connectivity index (χ0n) is 12.2. The van der Waals surface area contributed by atoms with E-state index >= 15 is 0 Å². The molecule has 0 aromatic carbocycles. The Morgan fingerprint density at radius 3 is 2.61 bits per heavy atom. The average Bonchev–Trinajstić information content (AvgIpc) is 3.21. The Hall–Kier alpha value is -2.70. The number of pyridine rings is 2. The molecule has 4 rings (SSSR count). The van der Waals surface area contributed by atoms with Crippen molar-refractivity contribution in [3.05, 3.63) is 46.0 Å². The van der Waals surface area contributed by atoms with Crippen LogP contribution >= 0.6 is 0 Å². The molecule has 1 aliphatic heterocycles. The number of halogens is 1. The lowest BCUT2D eigenvalue weighted by Gasteiger charge is -2.19. The van der Waals surface area contributed by atoms with Crippen LogP contribution in [0, 0.1) is 5.82 Å². The van der Waals surface area contributed by atoms with Crippen molar-refractivity contribution in [1.82, 2.24) is 9.55 Å². The molecule has 2 aromatic rings. The number of hydrogen-bond donors (Lipinski definition) is 1. The molecule has 1 N–H and O–H groups in total. The van der Waals surface area contributed by atoms with Crippen LogP contribution in [0.25, 0.3) is 11.0 Å². The van der Waals surface area contributed by atoms with Gasteiger partial charge in [-0.1, -0.05) is 12.2 Å². The van der Waals surface area contributed by atoms with E-state index in [4.69, 9.17) is 0 Å². The van der Waals surface area contributed by atoms with Gasteiger partial charge in [0.1, 0.15) is 11.2 Å². The quantitative estimate of drug-likeness (QED) is 0.876. The number of carboxylic acid groups (broad SMARTS) is 1. The lowest BCUT2D eigenvalue weighted by molar-refractivity contribution is 0.0695. The summed E-state index contributed by atoms with van der Waals surface area (Å²) in [7, 11) is 0. The number of carbonyl (C=O) groups is 1. The summed E-state index contributed by atoms with van der Waals surface area (Å²) in [6.45, 7) is 1.13. The Labute approximate surface area is 130 Å². The summed E-state index contributed by atoms with van der Waals surface area (Å²) in [5, 5.41) is 9.22. The average molecular weight is 315 g/mol. The molecule has 1 saturated carbocycles. The number of hydrogen-bond acceptors (Lipinski definition) is 4. The normalized spacial score (nSPS) is 17.2. The molecule has 23 heavy (non-hydrogen) atoms. The summed E-state index contributed by atoms with van der Waals surface area (Å²) >= 11 is 0. The first-order valence-electron chi connectivity index (χ1n) is 7.45. The molecular formula is C16H14FN3O3. The van der Waals surface area contributed by atoms with Gasteiger partial charge < -0.3 is 14.6 Å². The Kier molecular flexibility index (Phi) is 2.97. The lowest BCUT2D eigenvalue weighted by Crippen LogP contribution is -2.24. The second kappa shape index (κ2) is 4.91. The SMILES string of the molecule is O=C(O)c1cn(C2CC2)c2nc(N3CC=CC3)c(F)cc2c1=O. The maximum atomic E-state index is 14.4. The molecule has 3 heterocycles. The zero-order valence-corrected chi connectivity index (χ0v) is 12.2. The fraction of sp³-hybridized carbons (Fsp3) is 0.312. The van der Waals surface area contributed by atoms with Gasteiger partial charge in [-0.2, -0.15) is 0 Å². The van der Waals surface area contributed by atoms with E-state index in [0.717, 1.165) is 18.9 Å². The molecule has 0 atom stereocenters. The summed E-state index contributed by atoms with van der Waals surface area (Å²) in [5.74, 6) is -1.72. The second-order valence-electron chi connectivity index (χ2n) is 5.86. The molecular weight excluding hydrogens is 301 g/mol. The van der Waals surface area contributed by atoms with Crippen molar-refractivity contribution < 1.29 is 14.3 Å². The van der Waals surface area contributed by atoms with Gasteiger partial charge in [0.2, 0.25) is 5.43 Å². The van der Waals surface area contributed by atoms with Crippen molar-refractivity contribution >= 4 is 22.8 Å². The van der Waals surface area contributed by atoms with Crippen LogP contribution in [0.15, 0.2) is 29.2 Å². The summed E-state index contributed by atoms with van der Waals surface area (Å²) in [5.41, 5.74) is -0.686. The van der Waals surface area contributed by atoms with Crippen molar-refractivity contribution in [1.29, 1.82) is 0 Å². The first-order chi connectivity index (χ1) is 11.1. The standard InChI is InChI=1S/C16H14FN3O3/c17-12-7-10-13(21)11(16(22)23)8-20(9-3-4-9)14(10)18-15(12)19-5-1-2-6-19/h1-2,7-9H,3-6H2,(H,22,23). The number of fused-ring (bicyclic) bond motifs is 1. The third kappa shape index (κ3) is 2.19. The Morgan fingerprint density at radius 1 is 1.30 bits per heavy atom. The topological polar surface area (TPSA) is 75.4 Å². The predicted molar refractivity (Wildman–Crippen MR) is 82.5 cm³/mol. The van der Waals surface area contributed by atoms with Gasteiger partial charge >= 0.3 is 5.97 Å². The molecule has 0 radical (unpaired) electrons. The van der Waals surface area contributed by atoms with Crippen LogP contribution in [-0.4, -0.2) is 33.7 Å². The van der Waals surface area contributed by atoms with Gasteiger partial charge in [0, 0.05) is 25.3 Å². The number of aromatic carboxylic acids is 1. The molecule has 6 nitrogen and oxygen atoms in total. The van der Waals surface area contributed by atoms with Gasteiger partial charge in [-0.15, -0.1) is 0 Å². The Morgan fingerprint density at radius 2 is 2.00 bits per heavy atom. The number of carboxylic acids is 1. The minimum Gasteiger partial charge on any atom is -0.477 e. The predicted octanol–water partition coefficient (Wildman–Crippen LogP) is 1.94. The monoisotopic (exact) mass is 315 g/mol. The first kappa shape index (κ1) is 13.9. The zero-order chi connectivity index (χ0) is 16.1. The van der Waals surface area contributed by atoms with E-state index in [-0.39, 0.29) is 22.8 Å². The Bertz CT molecular complexity index is 907. The van der Waals surface area contributed by atoms with Gasteiger partial charge in [-0.3, -0.25) is 4.79 Å². The molecule has 1 aliphatic carbocycles. The molecule has 0 spiro atoms. The fourth-order valence-corrected chi connectivity index (χ4v) is 2.89. The fourth-order valence-electron chi connectivity index (χ4n) is 2.89. The first-order valence-corrected chi connectivity index (χ1v) is 7.45. The third-order valence-corrected chi connectivity index (χ3v) is 4.23. The number of aromatic nitrogens is 2. The van der Waals surface area contributed by atoms with E-state index in [1.165, 1.54) is 6.20 Å². The largest absolute Gasteiger partial charge is 0.477 e. The van der Waals surface area contributed by atoms with Crippen LogP contribution in [0.3, 0.4) is 0 Å². The molecule has 1 fully saturated rings. The minimum absolute atomic E-state index is 0.0187. The van der Waals surface area contributed by atoms with Crippen molar-refractivity contribution in [2.75, 3.05) is 18.0 Å². The third-order valence-electron chi connectivity index (χ3n) is 4.23. The van der Waals surface area contributed by atoms with E-state index in [0.29, 0.717) is 18.7 Å². The van der Waals surface area contributed by atoms with Crippen molar-refractivity contribution in [3.8, 4) is 0 Å². The maximum absolute atomic E-state index is 14.4. The summed E-state index contributed by atoms with van der Waals surface area (Å²) in [4.78, 5) is 29.7. The molecule has 7 heteroatoms.